The van der Waals surface area contributed by atoms with Crippen molar-refractivity contribution in [2.75, 3.05) is 19.8 Å². The van der Waals surface area contributed by atoms with Gasteiger partial charge in [-0.3, -0.25) is 0 Å². The van der Waals surface area contributed by atoms with E-state index in [4.69, 9.17) is 15.2 Å². The summed E-state index contributed by atoms with van der Waals surface area (Å²) in [7, 11) is -3.67. The highest BCUT2D eigenvalue weighted by Gasteiger charge is 2.31. The van der Waals surface area contributed by atoms with E-state index in [-0.39, 0.29) is 23.8 Å². The van der Waals surface area contributed by atoms with Gasteiger partial charge in [-0.1, -0.05) is 13.8 Å². The molecule has 1 aromatic carbocycles. The average molecular weight is 365 g/mol. The molecule has 0 bridgehead atoms. The molecule has 0 spiro atoms. The summed E-state index contributed by atoms with van der Waals surface area (Å²) in [4.78, 5) is 0.163. The van der Waals surface area contributed by atoms with Crippen molar-refractivity contribution in [1.29, 1.82) is 0 Å². The van der Waals surface area contributed by atoms with Gasteiger partial charge >= 0.3 is 0 Å². The van der Waals surface area contributed by atoms with E-state index < -0.39 is 15.6 Å². The third-order valence-electron chi connectivity index (χ3n) is 4.12. The van der Waals surface area contributed by atoms with E-state index in [0.29, 0.717) is 37.6 Å². The molecule has 132 valence electrons. The Kier molecular flexibility index (Phi) is 7.13. The first-order valence-electron chi connectivity index (χ1n) is 7.60. The van der Waals surface area contributed by atoms with E-state index in [1.54, 1.807) is 6.07 Å². The van der Waals surface area contributed by atoms with Crippen LogP contribution in [0.15, 0.2) is 23.1 Å². The number of nitrogens with one attached hydrogen (secondary N) is 1. The minimum absolute atomic E-state index is 0. The summed E-state index contributed by atoms with van der Waals surface area (Å²) in [5, 5.41) is 0. The summed E-state index contributed by atoms with van der Waals surface area (Å²) >= 11 is 0. The van der Waals surface area contributed by atoms with E-state index in [2.05, 4.69) is 4.72 Å². The van der Waals surface area contributed by atoms with Crippen LogP contribution < -0.4 is 19.9 Å². The summed E-state index contributed by atoms with van der Waals surface area (Å²) < 4.78 is 39.1. The van der Waals surface area contributed by atoms with Crippen LogP contribution in [0.4, 0.5) is 0 Å². The molecule has 0 unspecified atom stereocenters. The van der Waals surface area contributed by atoms with E-state index in [1.165, 1.54) is 12.1 Å². The third kappa shape index (κ3) is 4.50. The molecule has 8 heteroatoms. The molecule has 23 heavy (non-hydrogen) atoms. The van der Waals surface area contributed by atoms with Crippen molar-refractivity contribution in [3.63, 3.8) is 0 Å². The summed E-state index contributed by atoms with van der Waals surface area (Å²) in [6.07, 6.45) is 2.03. The fourth-order valence-electron chi connectivity index (χ4n) is 2.38. The number of halogens is 1. The first-order valence-corrected chi connectivity index (χ1v) is 9.08. The molecule has 0 aromatic heterocycles. The maximum atomic E-state index is 12.6. The van der Waals surface area contributed by atoms with E-state index in [1.807, 2.05) is 13.8 Å². The minimum Gasteiger partial charge on any atom is -0.490 e. The molecule has 0 saturated carbocycles. The van der Waals surface area contributed by atoms with Crippen molar-refractivity contribution in [1.82, 2.24) is 4.72 Å². The number of benzene rings is 1. The second-order valence-electron chi connectivity index (χ2n) is 5.46. The molecule has 0 fully saturated rings. The zero-order valence-electron chi connectivity index (χ0n) is 13.5. The number of rotatable bonds is 6. The van der Waals surface area contributed by atoms with Gasteiger partial charge in [-0.2, -0.15) is 0 Å². The smallest absolute Gasteiger partial charge is 0.241 e. The predicted octanol–water partition coefficient (Wildman–Crippen LogP) is 2.07. The number of fused-ring (bicyclic) bond motifs is 1. The van der Waals surface area contributed by atoms with Gasteiger partial charge in [-0.15, -0.1) is 12.4 Å². The number of nitrogens with two attached hydrogens (primary N) is 1. The van der Waals surface area contributed by atoms with Crippen molar-refractivity contribution in [3.8, 4) is 11.5 Å². The Labute approximate surface area is 144 Å². The molecule has 2 rings (SSSR count). The van der Waals surface area contributed by atoms with Gasteiger partial charge in [0.1, 0.15) is 0 Å². The Bertz CT molecular complexity index is 610. The Balaban J connectivity index is 0.00000264. The molecule has 1 aliphatic rings. The van der Waals surface area contributed by atoms with Crippen molar-refractivity contribution in [2.24, 2.45) is 5.73 Å². The summed E-state index contributed by atoms with van der Waals surface area (Å²) in [6.45, 7) is 5.18. The van der Waals surface area contributed by atoms with Crippen molar-refractivity contribution in [3.05, 3.63) is 18.2 Å². The standard InChI is InChI=1S/C15H24N2O4S.ClH/c1-3-15(4-2,11-16)17-22(18,19)12-6-7-13-14(10-12)21-9-5-8-20-13;/h6-7,10,17H,3-5,8-9,11,16H2,1-2H3;1H. The van der Waals surface area contributed by atoms with Crippen LogP contribution in [0.25, 0.3) is 0 Å². The van der Waals surface area contributed by atoms with E-state index in [9.17, 15) is 8.42 Å². The van der Waals surface area contributed by atoms with Crippen LogP contribution in [0.1, 0.15) is 33.1 Å². The largest absolute Gasteiger partial charge is 0.490 e. The molecule has 0 radical (unpaired) electrons. The minimum atomic E-state index is -3.67. The molecular weight excluding hydrogens is 340 g/mol. The molecule has 1 aromatic rings. The van der Waals surface area contributed by atoms with Crippen LogP contribution in [-0.4, -0.2) is 33.7 Å². The number of sulfonamides is 1. The lowest BCUT2D eigenvalue weighted by atomic mass is 9.95. The molecule has 0 saturated heterocycles. The highest BCUT2D eigenvalue weighted by molar-refractivity contribution is 7.89. The fraction of sp³-hybridized carbons (Fsp3) is 0.600. The Hall–Kier alpha value is -1.02. The third-order valence-corrected chi connectivity index (χ3v) is 5.70. The second kappa shape index (κ2) is 8.19. The van der Waals surface area contributed by atoms with Crippen molar-refractivity contribution >= 4 is 22.4 Å². The zero-order valence-corrected chi connectivity index (χ0v) is 15.1. The summed E-state index contributed by atoms with van der Waals surface area (Å²) in [5.74, 6) is 1.04. The van der Waals surface area contributed by atoms with E-state index in [0.717, 1.165) is 6.42 Å². The zero-order chi connectivity index (χ0) is 16.2. The van der Waals surface area contributed by atoms with E-state index >= 15 is 0 Å². The van der Waals surface area contributed by atoms with Crippen LogP contribution >= 0.6 is 12.4 Å². The number of hydrogen-bond acceptors (Lipinski definition) is 5. The first kappa shape index (κ1) is 20.0. The summed E-state index contributed by atoms with van der Waals surface area (Å²) in [5.41, 5.74) is 5.15. The molecule has 1 aliphatic heterocycles. The van der Waals surface area contributed by atoms with Crippen LogP contribution in [0, 0.1) is 0 Å². The fourth-order valence-corrected chi connectivity index (χ4v) is 3.95. The molecule has 1 heterocycles. The van der Waals surface area contributed by atoms with Gasteiger partial charge < -0.3 is 15.2 Å². The molecular formula is C15H25ClN2O4S. The second-order valence-corrected chi connectivity index (χ2v) is 7.14. The molecule has 0 aliphatic carbocycles. The predicted molar refractivity (Wildman–Crippen MR) is 92.0 cm³/mol. The first-order chi connectivity index (χ1) is 10.5. The molecule has 3 N–H and O–H groups in total. The van der Waals surface area contributed by atoms with Gasteiger partial charge in [0, 0.05) is 24.6 Å². The van der Waals surface area contributed by atoms with Crippen molar-refractivity contribution in [2.45, 2.75) is 43.5 Å². The van der Waals surface area contributed by atoms with Crippen LogP contribution in [0.3, 0.4) is 0 Å². The molecule has 6 nitrogen and oxygen atoms in total. The highest BCUT2D eigenvalue weighted by Crippen LogP contribution is 2.32. The van der Waals surface area contributed by atoms with Crippen molar-refractivity contribution < 1.29 is 17.9 Å². The maximum absolute atomic E-state index is 12.6. The van der Waals surface area contributed by atoms with Gasteiger partial charge in [0.2, 0.25) is 10.0 Å². The Morgan fingerprint density at radius 1 is 1.17 bits per heavy atom. The Morgan fingerprint density at radius 2 is 1.78 bits per heavy atom. The van der Waals surface area contributed by atoms with Gasteiger partial charge in [0.05, 0.1) is 18.1 Å². The number of ether oxygens (including phenoxy) is 2. The lowest BCUT2D eigenvalue weighted by Crippen LogP contribution is -2.52. The summed E-state index contributed by atoms with van der Waals surface area (Å²) in [6, 6.07) is 4.68. The number of hydrogen-bond donors (Lipinski definition) is 2. The molecule has 0 atom stereocenters. The van der Waals surface area contributed by atoms with Crippen LogP contribution in [-0.2, 0) is 10.0 Å². The van der Waals surface area contributed by atoms with Gasteiger partial charge in [-0.05, 0) is 25.0 Å². The molecule has 0 amide bonds. The van der Waals surface area contributed by atoms with Gasteiger partial charge in [0.15, 0.2) is 11.5 Å². The van der Waals surface area contributed by atoms with Gasteiger partial charge in [-0.25, -0.2) is 13.1 Å². The van der Waals surface area contributed by atoms with Gasteiger partial charge in [0.25, 0.3) is 0 Å². The van der Waals surface area contributed by atoms with Crippen LogP contribution in [0.2, 0.25) is 0 Å². The lowest BCUT2D eigenvalue weighted by molar-refractivity contribution is 0.297. The SMILES string of the molecule is CCC(CC)(CN)NS(=O)(=O)c1ccc2c(c1)OCCCO2.Cl. The topological polar surface area (TPSA) is 90.7 Å². The maximum Gasteiger partial charge on any atom is 0.241 e. The average Bonchev–Trinajstić information content (AvgIpc) is 2.77. The quantitative estimate of drug-likeness (QED) is 0.806. The normalized spacial score (nSPS) is 14.7. The Morgan fingerprint density at radius 3 is 2.35 bits per heavy atom. The van der Waals surface area contributed by atoms with Crippen LogP contribution in [0.5, 0.6) is 11.5 Å². The highest BCUT2D eigenvalue weighted by atomic mass is 35.5. The monoisotopic (exact) mass is 364 g/mol. The lowest BCUT2D eigenvalue weighted by Gasteiger charge is -2.31.